The van der Waals surface area contributed by atoms with Gasteiger partial charge in [0.15, 0.2) is 0 Å². The van der Waals surface area contributed by atoms with Gasteiger partial charge in [0.25, 0.3) is 0 Å². The number of aliphatic hydroxyl groups is 1. The van der Waals surface area contributed by atoms with Crippen LogP contribution in [0.3, 0.4) is 0 Å². The van der Waals surface area contributed by atoms with E-state index in [9.17, 15) is 13.9 Å². The third kappa shape index (κ3) is 2.94. The first-order valence-electron chi connectivity index (χ1n) is 5.44. The van der Waals surface area contributed by atoms with Gasteiger partial charge in [0.1, 0.15) is 11.6 Å². The van der Waals surface area contributed by atoms with E-state index >= 15 is 0 Å². The fraction of sp³-hybridized carbons (Fsp3) is 0.143. The molecule has 0 saturated carbocycles. The van der Waals surface area contributed by atoms with Gasteiger partial charge in [0.05, 0.1) is 6.10 Å². The topological polar surface area (TPSA) is 20.2 Å². The molecule has 0 fully saturated rings. The molecule has 0 aliphatic carbocycles. The molecule has 1 atom stereocenters. The number of halogens is 3. The van der Waals surface area contributed by atoms with Crippen molar-refractivity contribution in [3.63, 3.8) is 0 Å². The van der Waals surface area contributed by atoms with Crippen molar-refractivity contribution in [3.8, 4) is 0 Å². The molecule has 0 spiro atoms. The smallest absolute Gasteiger partial charge is 0.129 e. The van der Waals surface area contributed by atoms with Crippen molar-refractivity contribution < 1.29 is 13.9 Å². The number of aliphatic hydroxyl groups excluding tert-OH is 1. The second kappa shape index (κ2) is 5.59. The lowest BCUT2D eigenvalue weighted by atomic mass is 10.0. The fourth-order valence-electron chi connectivity index (χ4n) is 1.75. The van der Waals surface area contributed by atoms with Crippen LogP contribution in [-0.2, 0) is 6.42 Å². The summed E-state index contributed by atoms with van der Waals surface area (Å²) in [5.74, 6) is -1.27. The summed E-state index contributed by atoms with van der Waals surface area (Å²) >= 11 is 3.29. The highest BCUT2D eigenvalue weighted by atomic mass is 79.9. The average Bonchev–Trinajstić information content (AvgIpc) is 2.34. The molecule has 0 bridgehead atoms. The normalized spacial score (nSPS) is 12.4. The Morgan fingerprint density at radius 2 is 1.67 bits per heavy atom. The van der Waals surface area contributed by atoms with Crippen LogP contribution in [0.4, 0.5) is 8.78 Å². The van der Waals surface area contributed by atoms with E-state index in [0.29, 0.717) is 5.56 Å². The van der Waals surface area contributed by atoms with Gasteiger partial charge < -0.3 is 5.11 Å². The Kier molecular flexibility index (Phi) is 4.09. The molecule has 18 heavy (non-hydrogen) atoms. The summed E-state index contributed by atoms with van der Waals surface area (Å²) in [5, 5.41) is 9.99. The van der Waals surface area contributed by atoms with Gasteiger partial charge in [-0.1, -0.05) is 34.1 Å². The van der Waals surface area contributed by atoms with Crippen molar-refractivity contribution in [2.24, 2.45) is 0 Å². The summed E-state index contributed by atoms with van der Waals surface area (Å²) in [7, 11) is 0. The van der Waals surface area contributed by atoms with Crippen molar-refractivity contribution in [3.05, 3.63) is 69.7 Å². The highest BCUT2D eigenvalue weighted by Gasteiger charge is 2.15. The maximum atomic E-state index is 13.4. The van der Waals surface area contributed by atoms with Crippen LogP contribution < -0.4 is 0 Å². The predicted molar refractivity (Wildman–Crippen MR) is 69.2 cm³/mol. The molecule has 2 aromatic rings. The van der Waals surface area contributed by atoms with Gasteiger partial charge in [-0.15, -0.1) is 0 Å². The lowest BCUT2D eigenvalue weighted by molar-refractivity contribution is 0.175. The Bertz CT molecular complexity index is 537. The zero-order chi connectivity index (χ0) is 13.1. The summed E-state index contributed by atoms with van der Waals surface area (Å²) in [6, 6.07) is 10.7. The molecule has 2 aromatic carbocycles. The van der Waals surface area contributed by atoms with E-state index in [1.165, 1.54) is 18.2 Å². The first-order valence-corrected chi connectivity index (χ1v) is 6.23. The molecule has 0 aliphatic rings. The number of hydrogen-bond acceptors (Lipinski definition) is 1. The van der Waals surface area contributed by atoms with Crippen LogP contribution in [0.25, 0.3) is 0 Å². The van der Waals surface area contributed by atoms with Gasteiger partial charge in [0.2, 0.25) is 0 Å². The Morgan fingerprint density at radius 3 is 2.28 bits per heavy atom. The maximum Gasteiger partial charge on any atom is 0.129 e. The van der Waals surface area contributed by atoms with Crippen molar-refractivity contribution in [2.45, 2.75) is 12.5 Å². The Labute approximate surface area is 112 Å². The lowest BCUT2D eigenvalue weighted by Crippen LogP contribution is -2.05. The minimum absolute atomic E-state index is 0.0883. The first kappa shape index (κ1) is 13.2. The number of benzene rings is 2. The molecule has 0 heterocycles. The van der Waals surface area contributed by atoms with Gasteiger partial charge in [-0.3, -0.25) is 0 Å². The van der Waals surface area contributed by atoms with Gasteiger partial charge >= 0.3 is 0 Å². The number of hydrogen-bond donors (Lipinski definition) is 1. The third-order valence-corrected chi connectivity index (χ3v) is 3.19. The fourth-order valence-corrected chi connectivity index (χ4v) is 2.17. The molecule has 4 heteroatoms. The Morgan fingerprint density at radius 1 is 1.06 bits per heavy atom. The SMILES string of the molecule is OC(Cc1c(F)cccc1F)c1cccc(Br)c1. The summed E-state index contributed by atoms with van der Waals surface area (Å²) in [5.41, 5.74) is 0.525. The molecule has 1 N–H and O–H groups in total. The monoisotopic (exact) mass is 312 g/mol. The molecule has 94 valence electrons. The second-order valence-electron chi connectivity index (χ2n) is 3.98. The lowest BCUT2D eigenvalue weighted by Gasteiger charge is -2.12. The van der Waals surface area contributed by atoms with E-state index in [0.717, 1.165) is 4.47 Å². The zero-order valence-electron chi connectivity index (χ0n) is 9.41. The van der Waals surface area contributed by atoms with Crippen LogP contribution >= 0.6 is 15.9 Å². The van der Waals surface area contributed by atoms with E-state index in [4.69, 9.17) is 0 Å². The van der Waals surface area contributed by atoms with Crippen LogP contribution in [0, 0.1) is 11.6 Å². The van der Waals surface area contributed by atoms with Crippen LogP contribution in [0.5, 0.6) is 0 Å². The largest absolute Gasteiger partial charge is 0.388 e. The molecule has 2 rings (SSSR count). The highest BCUT2D eigenvalue weighted by molar-refractivity contribution is 9.10. The minimum Gasteiger partial charge on any atom is -0.388 e. The summed E-state index contributed by atoms with van der Waals surface area (Å²) < 4.78 is 27.7. The van der Waals surface area contributed by atoms with E-state index in [2.05, 4.69) is 15.9 Å². The molecule has 0 aromatic heterocycles. The van der Waals surface area contributed by atoms with Gasteiger partial charge in [-0.25, -0.2) is 8.78 Å². The molecule has 0 amide bonds. The quantitative estimate of drug-likeness (QED) is 0.908. The molecule has 0 aliphatic heterocycles. The van der Waals surface area contributed by atoms with Crippen molar-refractivity contribution in [1.82, 2.24) is 0 Å². The molecule has 1 unspecified atom stereocenters. The van der Waals surface area contributed by atoms with E-state index in [1.54, 1.807) is 18.2 Å². The van der Waals surface area contributed by atoms with E-state index in [-0.39, 0.29) is 12.0 Å². The van der Waals surface area contributed by atoms with Gasteiger partial charge in [0, 0.05) is 16.5 Å². The minimum atomic E-state index is -0.936. The van der Waals surface area contributed by atoms with Gasteiger partial charge in [-0.05, 0) is 29.8 Å². The Hall–Kier alpha value is -1.26. The molecular weight excluding hydrogens is 302 g/mol. The number of rotatable bonds is 3. The van der Waals surface area contributed by atoms with Crippen LogP contribution in [-0.4, -0.2) is 5.11 Å². The molecular formula is C14H11BrF2O. The van der Waals surface area contributed by atoms with Crippen molar-refractivity contribution in [1.29, 1.82) is 0 Å². The average molecular weight is 313 g/mol. The van der Waals surface area contributed by atoms with Gasteiger partial charge in [-0.2, -0.15) is 0 Å². The predicted octanol–water partition coefficient (Wildman–Crippen LogP) is 4.00. The summed E-state index contributed by atoms with van der Waals surface area (Å²) in [4.78, 5) is 0. The molecule has 0 radical (unpaired) electrons. The maximum absolute atomic E-state index is 13.4. The van der Waals surface area contributed by atoms with Crippen LogP contribution in [0.2, 0.25) is 0 Å². The highest BCUT2D eigenvalue weighted by Crippen LogP contribution is 2.24. The summed E-state index contributed by atoms with van der Waals surface area (Å²) in [6.07, 6.45) is -1.02. The van der Waals surface area contributed by atoms with Crippen molar-refractivity contribution >= 4 is 15.9 Å². The zero-order valence-corrected chi connectivity index (χ0v) is 11.0. The summed E-state index contributed by atoms with van der Waals surface area (Å²) in [6.45, 7) is 0. The first-order chi connectivity index (χ1) is 8.58. The van der Waals surface area contributed by atoms with Crippen LogP contribution in [0.1, 0.15) is 17.2 Å². The van der Waals surface area contributed by atoms with E-state index < -0.39 is 17.7 Å². The van der Waals surface area contributed by atoms with Crippen LogP contribution in [0.15, 0.2) is 46.9 Å². The third-order valence-electron chi connectivity index (χ3n) is 2.69. The second-order valence-corrected chi connectivity index (χ2v) is 4.89. The van der Waals surface area contributed by atoms with Crippen molar-refractivity contribution in [2.75, 3.05) is 0 Å². The molecule has 0 saturated heterocycles. The molecule has 1 nitrogen and oxygen atoms in total. The Balaban J connectivity index is 2.24. The standard InChI is InChI=1S/C14H11BrF2O/c15-10-4-1-3-9(7-10)14(18)8-11-12(16)5-2-6-13(11)17/h1-7,14,18H,8H2. The van der Waals surface area contributed by atoms with E-state index in [1.807, 2.05) is 6.07 Å².